The number of rotatable bonds is 6. The lowest BCUT2D eigenvalue weighted by atomic mass is 10.3. The average molecular weight is 320 g/mol. The second kappa shape index (κ2) is 17.4. The first kappa shape index (κ1) is 25.3. The molecule has 0 radical (unpaired) electrons. The fourth-order valence-corrected chi connectivity index (χ4v) is 2.24. The van der Waals surface area contributed by atoms with E-state index < -0.39 is 10.0 Å². The third-order valence-corrected chi connectivity index (χ3v) is 4.17. The smallest absolute Gasteiger partial charge is 0.209 e. The van der Waals surface area contributed by atoms with Crippen molar-refractivity contribution < 1.29 is 8.42 Å². The normalized spacial score (nSPS) is 13.0. The van der Waals surface area contributed by atoms with E-state index in [0.717, 1.165) is 18.4 Å². The summed E-state index contributed by atoms with van der Waals surface area (Å²) in [7, 11) is -3.22. The SMILES string of the molecule is C/C=C\C.CC/C(C)=C/S(=O)(=O)NC(C)CC.CCCC. The Hall–Kier alpha value is -0.610. The van der Waals surface area contributed by atoms with Crippen LogP contribution in [-0.4, -0.2) is 14.5 Å². The largest absolute Gasteiger partial charge is 0.233 e. The van der Waals surface area contributed by atoms with Gasteiger partial charge in [-0.3, -0.25) is 0 Å². The van der Waals surface area contributed by atoms with Crippen LogP contribution in [0.15, 0.2) is 23.1 Å². The number of hydrogen-bond acceptors (Lipinski definition) is 2. The van der Waals surface area contributed by atoms with Crippen LogP contribution < -0.4 is 4.72 Å². The molecule has 1 unspecified atom stereocenters. The van der Waals surface area contributed by atoms with Crippen LogP contribution in [0.1, 0.15) is 81.1 Å². The van der Waals surface area contributed by atoms with Crippen molar-refractivity contribution in [1.29, 1.82) is 0 Å². The minimum absolute atomic E-state index is 0.00547. The molecule has 4 heteroatoms. The Morgan fingerprint density at radius 3 is 1.71 bits per heavy atom. The highest BCUT2D eigenvalue weighted by atomic mass is 32.2. The monoisotopic (exact) mass is 319 g/mol. The molecule has 0 aliphatic heterocycles. The van der Waals surface area contributed by atoms with Gasteiger partial charge >= 0.3 is 0 Å². The predicted molar refractivity (Wildman–Crippen MR) is 96.9 cm³/mol. The van der Waals surface area contributed by atoms with Gasteiger partial charge in [0.1, 0.15) is 0 Å². The van der Waals surface area contributed by atoms with Gasteiger partial charge in [-0.2, -0.15) is 0 Å². The fraction of sp³-hybridized carbons (Fsp3) is 0.765. The lowest BCUT2D eigenvalue weighted by molar-refractivity contribution is 0.564. The molecule has 0 aromatic heterocycles. The molecule has 0 aliphatic carbocycles. The van der Waals surface area contributed by atoms with Gasteiger partial charge in [-0.15, -0.1) is 0 Å². The molecule has 0 saturated heterocycles. The third kappa shape index (κ3) is 24.8. The molecule has 0 aromatic carbocycles. The lowest BCUT2D eigenvalue weighted by Gasteiger charge is -2.09. The van der Waals surface area contributed by atoms with Crippen LogP contribution in [0.4, 0.5) is 0 Å². The third-order valence-electron chi connectivity index (χ3n) is 2.73. The van der Waals surface area contributed by atoms with E-state index >= 15 is 0 Å². The molecule has 1 N–H and O–H groups in total. The Labute approximate surface area is 134 Å². The van der Waals surface area contributed by atoms with Gasteiger partial charge < -0.3 is 0 Å². The van der Waals surface area contributed by atoms with Gasteiger partial charge in [-0.25, -0.2) is 13.1 Å². The Kier molecular flexibility index (Phi) is 21.1. The van der Waals surface area contributed by atoms with Crippen molar-refractivity contribution in [3.8, 4) is 0 Å². The molecule has 21 heavy (non-hydrogen) atoms. The van der Waals surface area contributed by atoms with Crippen LogP contribution in [0.25, 0.3) is 0 Å². The molecule has 0 aliphatic rings. The zero-order valence-electron chi connectivity index (χ0n) is 15.4. The van der Waals surface area contributed by atoms with E-state index in [4.69, 9.17) is 0 Å². The van der Waals surface area contributed by atoms with E-state index in [-0.39, 0.29) is 6.04 Å². The molecule has 0 aromatic rings. The molecule has 1 atom stereocenters. The van der Waals surface area contributed by atoms with Crippen LogP contribution in [0.2, 0.25) is 0 Å². The van der Waals surface area contributed by atoms with Gasteiger partial charge in [-0.1, -0.05) is 58.3 Å². The van der Waals surface area contributed by atoms with Crippen LogP contribution in [0.5, 0.6) is 0 Å². The number of allylic oxidation sites excluding steroid dienone is 3. The summed E-state index contributed by atoms with van der Waals surface area (Å²) in [5.74, 6) is 0. The standard InChI is InChI=1S/C9H19NO2S.C4H10.C4H8/c1-5-8(3)7-13(11,12)10-9(4)6-2;2*1-3-4-2/h7,9-10H,5-6H2,1-4H3;3-4H2,1-2H3;3-4H,1-2H3/b8-7+;;4-3-. The van der Waals surface area contributed by atoms with Crippen molar-refractivity contribution in [3.63, 3.8) is 0 Å². The average Bonchev–Trinajstić information content (AvgIpc) is 2.46. The van der Waals surface area contributed by atoms with E-state index in [9.17, 15) is 8.42 Å². The summed E-state index contributed by atoms with van der Waals surface area (Å²) in [6, 6.07) is 0.00547. The van der Waals surface area contributed by atoms with Crippen molar-refractivity contribution >= 4 is 10.0 Å². The summed E-state index contributed by atoms with van der Waals surface area (Å²) in [4.78, 5) is 0. The first-order valence-electron chi connectivity index (χ1n) is 8.01. The quantitative estimate of drug-likeness (QED) is 0.666. The van der Waals surface area contributed by atoms with E-state index in [1.54, 1.807) is 0 Å². The van der Waals surface area contributed by atoms with Crippen molar-refractivity contribution in [1.82, 2.24) is 4.72 Å². The minimum atomic E-state index is -3.22. The highest BCUT2D eigenvalue weighted by molar-refractivity contribution is 7.92. The molecule has 128 valence electrons. The second-order valence-electron chi connectivity index (χ2n) is 4.96. The lowest BCUT2D eigenvalue weighted by Crippen LogP contribution is -2.30. The van der Waals surface area contributed by atoms with E-state index in [1.165, 1.54) is 18.2 Å². The second-order valence-corrected chi connectivity index (χ2v) is 6.52. The molecule has 0 heterocycles. The topological polar surface area (TPSA) is 46.2 Å². The minimum Gasteiger partial charge on any atom is -0.209 e. The van der Waals surface area contributed by atoms with Gasteiger partial charge in [-0.05, 0) is 40.5 Å². The van der Waals surface area contributed by atoms with Gasteiger partial charge in [0.05, 0.1) is 0 Å². The molecule has 0 bridgehead atoms. The highest BCUT2D eigenvalue weighted by Crippen LogP contribution is 2.03. The van der Waals surface area contributed by atoms with Gasteiger partial charge in [0.2, 0.25) is 10.0 Å². The molecule has 0 amide bonds. The van der Waals surface area contributed by atoms with Crippen molar-refractivity contribution in [2.75, 3.05) is 0 Å². The van der Waals surface area contributed by atoms with Gasteiger partial charge in [0, 0.05) is 11.4 Å². The maximum atomic E-state index is 11.4. The van der Waals surface area contributed by atoms with Gasteiger partial charge in [0.25, 0.3) is 0 Å². The Bertz CT molecular complexity index is 351. The zero-order valence-corrected chi connectivity index (χ0v) is 16.2. The summed E-state index contributed by atoms with van der Waals surface area (Å²) in [5.41, 5.74) is 0.871. The van der Waals surface area contributed by atoms with Crippen molar-refractivity contribution in [3.05, 3.63) is 23.1 Å². The summed E-state index contributed by atoms with van der Waals surface area (Å²) in [6.45, 7) is 15.9. The van der Waals surface area contributed by atoms with E-state index in [1.807, 2.05) is 53.7 Å². The van der Waals surface area contributed by atoms with Crippen LogP contribution >= 0.6 is 0 Å². The Morgan fingerprint density at radius 1 is 1.05 bits per heavy atom. The summed E-state index contributed by atoms with van der Waals surface area (Å²) >= 11 is 0. The van der Waals surface area contributed by atoms with E-state index in [0.29, 0.717) is 0 Å². The Balaban J connectivity index is -0.000000334. The van der Waals surface area contributed by atoms with E-state index in [2.05, 4.69) is 18.6 Å². The maximum absolute atomic E-state index is 11.4. The summed E-state index contributed by atoms with van der Waals surface area (Å²) in [5, 5.41) is 1.30. The van der Waals surface area contributed by atoms with Crippen LogP contribution in [0.3, 0.4) is 0 Å². The summed E-state index contributed by atoms with van der Waals surface area (Å²) < 4.78 is 25.3. The number of unbranched alkanes of at least 4 members (excludes halogenated alkanes) is 1. The molecular formula is C17H37NO2S. The van der Waals surface area contributed by atoms with Crippen molar-refractivity contribution in [2.24, 2.45) is 0 Å². The molecule has 0 spiro atoms. The molecule has 0 rings (SSSR count). The van der Waals surface area contributed by atoms with Gasteiger partial charge in [0.15, 0.2) is 0 Å². The van der Waals surface area contributed by atoms with Crippen LogP contribution in [0, 0.1) is 0 Å². The fourth-order valence-electron chi connectivity index (χ4n) is 0.746. The number of nitrogens with one attached hydrogen (secondary N) is 1. The first-order valence-corrected chi connectivity index (χ1v) is 9.55. The summed E-state index contributed by atoms with van der Waals surface area (Å²) in [6.07, 6.45) is 8.21. The Morgan fingerprint density at radius 2 is 1.48 bits per heavy atom. The molecule has 0 fully saturated rings. The zero-order chi connectivity index (χ0) is 17.3. The number of sulfonamides is 1. The van der Waals surface area contributed by atoms with Crippen LogP contribution in [-0.2, 0) is 10.0 Å². The molecular weight excluding hydrogens is 282 g/mol. The first-order chi connectivity index (χ1) is 9.74. The molecule has 0 saturated carbocycles. The van der Waals surface area contributed by atoms with Crippen molar-refractivity contribution in [2.45, 2.75) is 87.1 Å². The predicted octanol–water partition coefficient (Wildman–Crippen LogP) is 5.41. The highest BCUT2D eigenvalue weighted by Gasteiger charge is 2.09. The maximum Gasteiger partial charge on any atom is 0.233 e. The number of hydrogen-bond donors (Lipinski definition) is 1. The molecule has 3 nitrogen and oxygen atoms in total.